The van der Waals surface area contributed by atoms with Crippen molar-refractivity contribution in [2.45, 2.75) is 33.1 Å². The van der Waals surface area contributed by atoms with Crippen molar-refractivity contribution in [1.29, 1.82) is 5.26 Å². The molecule has 0 aliphatic heterocycles. The van der Waals surface area contributed by atoms with Crippen LogP contribution >= 0.6 is 0 Å². The first-order valence-corrected chi connectivity index (χ1v) is 5.50. The predicted molar refractivity (Wildman–Crippen MR) is 60.6 cm³/mol. The lowest BCUT2D eigenvalue weighted by Gasteiger charge is -2.06. The van der Waals surface area contributed by atoms with Crippen molar-refractivity contribution in [2.24, 2.45) is 11.3 Å². The molecule has 5 nitrogen and oxygen atoms in total. The normalized spacial score (nSPS) is 21.5. The zero-order valence-electron chi connectivity index (χ0n) is 9.99. The van der Waals surface area contributed by atoms with Crippen LogP contribution in [0.4, 0.5) is 0 Å². The van der Waals surface area contributed by atoms with Crippen LogP contribution in [-0.4, -0.2) is 17.0 Å². The fraction of sp³-hybridized carbons (Fsp3) is 0.583. The lowest BCUT2D eigenvalue weighted by atomic mass is 10.1. The Morgan fingerprint density at radius 1 is 1.59 bits per heavy atom. The van der Waals surface area contributed by atoms with Gasteiger partial charge in [0.05, 0.1) is 6.07 Å². The summed E-state index contributed by atoms with van der Waals surface area (Å²) in [6.45, 7) is 3.94. The standard InChI is InChI=1S/C12H16N2O3/c1-12(2)7-8(12)10(15)14-9(11(16)17)5-3-4-6-13/h5,8H,3-4,7H2,1-2H3,(H,14,15)(H,16,17)/b9-5-. The molecule has 2 N–H and O–H groups in total. The van der Waals surface area contributed by atoms with Crippen LogP contribution in [0.2, 0.25) is 0 Å². The van der Waals surface area contributed by atoms with Crippen LogP contribution in [0.1, 0.15) is 33.1 Å². The minimum atomic E-state index is -1.17. The smallest absolute Gasteiger partial charge is 0.352 e. The number of carboxylic acid groups (broad SMARTS) is 1. The van der Waals surface area contributed by atoms with Gasteiger partial charge in [0.2, 0.25) is 5.91 Å². The highest BCUT2D eigenvalue weighted by Crippen LogP contribution is 2.51. The molecule has 1 unspecified atom stereocenters. The molecule has 0 radical (unpaired) electrons. The molecule has 1 aliphatic rings. The molecule has 1 atom stereocenters. The van der Waals surface area contributed by atoms with E-state index in [4.69, 9.17) is 10.4 Å². The number of unbranched alkanes of at least 4 members (excludes halogenated alkanes) is 1. The maximum absolute atomic E-state index is 11.7. The van der Waals surface area contributed by atoms with Crippen molar-refractivity contribution < 1.29 is 14.7 Å². The van der Waals surface area contributed by atoms with Gasteiger partial charge in [-0.2, -0.15) is 5.26 Å². The van der Waals surface area contributed by atoms with Gasteiger partial charge in [0.1, 0.15) is 5.70 Å². The molecule has 1 rings (SSSR count). The van der Waals surface area contributed by atoms with Crippen LogP contribution in [0.3, 0.4) is 0 Å². The molecular weight excluding hydrogens is 220 g/mol. The second-order valence-electron chi connectivity index (χ2n) is 4.85. The van der Waals surface area contributed by atoms with Crippen molar-refractivity contribution in [3.63, 3.8) is 0 Å². The van der Waals surface area contributed by atoms with E-state index in [1.165, 1.54) is 6.08 Å². The summed E-state index contributed by atoms with van der Waals surface area (Å²) in [5.74, 6) is -1.53. The molecule has 0 heterocycles. The summed E-state index contributed by atoms with van der Waals surface area (Å²) in [4.78, 5) is 22.6. The Labute approximate surface area is 100 Å². The van der Waals surface area contributed by atoms with Gasteiger partial charge in [-0.15, -0.1) is 0 Å². The monoisotopic (exact) mass is 236 g/mol. The summed E-state index contributed by atoms with van der Waals surface area (Å²) >= 11 is 0. The summed E-state index contributed by atoms with van der Waals surface area (Å²) in [5, 5.41) is 19.6. The molecule has 0 bridgehead atoms. The number of carboxylic acids is 1. The number of aliphatic carboxylic acids is 1. The van der Waals surface area contributed by atoms with E-state index in [1.807, 2.05) is 19.9 Å². The fourth-order valence-electron chi connectivity index (χ4n) is 1.61. The molecule has 0 aromatic rings. The van der Waals surface area contributed by atoms with Gasteiger partial charge in [0.15, 0.2) is 0 Å². The molecule has 1 aliphatic carbocycles. The molecule has 17 heavy (non-hydrogen) atoms. The third-order valence-electron chi connectivity index (χ3n) is 2.92. The van der Waals surface area contributed by atoms with Crippen LogP contribution < -0.4 is 5.32 Å². The van der Waals surface area contributed by atoms with E-state index in [-0.39, 0.29) is 29.4 Å². The first-order chi connectivity index (χ1) is 7.88. The Morgan fingerprint density at radius 2 is 2.18 bits per heavy atom. The Balaban J connectivity index is 2.56. The highest BCUT2D eigenvalue weighted by atomic mass is 16.4. The second-order valence-corrected chi connectivity index (χ2v) is 4.85. The molecule has 1 amide bonds. The third kappa shape index (κ3) is 3.59. The van der Waals surface area contributed by atoms with Crippen LogP contribution in [0, 0.1) is 22.7 Å². The number of allylic oxidation sites excluding steroid dienone is 1. The number of carbonyl (C=O) groups excluding carboxylic acids is 1. The van der Waals surface area contributed by atoms with Crippen molar-refractivity contribution >= 4 is 11.9 Å². The average Bonchev–Trinajstić information content (AvgIpc) is 2.86. The number of nitrogens with zero attached hydrogens (tertiary/aromatic N) is 1. The summed E-state index contributed by atoms with van der Waals surface area (Å²) in [5.41, 5.74) is -0.159. The molecule has 92 valence electrons. The van der Waals surface area contributed by atoms with Gasteiger partial charge >= 0.3 is 5.97 Å². The van der Waals surface area contributed by atoms with Crippen molar-refractivity contribution in [2.75, 3.05) is 0 Å². The number of rotatable bonds is 5. The molecule has 0 spiro atoms. The van der Waals surface area contributed by atoms with Crippen LogP contribution in [-0.2, 0) is 9.59 Å². The number of hydrogen-bond donors (Lipinski definition) is 2. The third-order valence-corrected chi connectivity index (χ3v) is 2.92. The lowest BCUT2D eigenvalue weighted by Crippen LogP contribution is -2.29. The Hall–Kier alpha value is -1.83. The number of carbonyl (C=O) groups is 2. The van der Waals surface area contributed by atoms with Crippen molar-refractivity contribution in [3.05, 3.63) is 11.8 Å². The number of nitriles is 1. The van der Waals surface area contributed by atoms with E-state index < -0.39 is 5.97 Å². The van der Waals surface area contributed by atoms with Gasteiger partial charge in [0.25, 0.3) is 0 Å². The molecular formula is C12H16N2O3. The van der Waals surface area contributed by atoms with E-state index in [1.54, 1.807) is 0 Å². The van der Waals surface area contributed by atoms with Gasteiger partial charge < -0.3 is 10.4 Å². The Bertz CT molecular complexity index is 404. The second kappa shape index (κ2) is 5.00. The zero-order chi connectivity index (χ0) is 13.1. The van der Waals surface area contributed by atoms with Gasteiger partial charge in [-0.05, 0) is 18.3 Å². The number of hydrogen-bond acceptors (Lipinski definition) is 3. The molecule has 5 heteroatoms. The van der Waals surface area contributed by atoms with E-state index >= 15 is 0 Å². The molecule has 0 aromatic carbocycles. The van der Waals surface area contributed by atoms with E-state index in [2.05, 4.69) is 5.32 Å². The average molecular weight is 236 g/mol. The van der Waals surface area contributed by atoms with E-state index in [0.717, 1.165) is 6.42 Å². The van der Waals surface area contributed by atoms with Crippen LogP contribution in [0.5, 0.6) is 0 Å². The van der Waals surface area contributed by atoms with Gasteiger partial charge in [-0.3, -0.25) is 4.79 Å². The summed E-state index contributed by atoms with van der Waals surface area (Å²) in [7, 11) is 0. The Morgan fingerprint density at radius 3 is 2.59 bits per heavy atom. The van der Waals surface area contributed by atoms with Gasteiger partial charge in [-0.25, -0.2) is 4.79 Å². The van der Waals surface area contributed by atoms with Crippen molar-refractivity contribution in [1.82, 2.24) is 5.32 Å². The minimum Gasteiger partial charge on any atom is -0.477 e. The quantitative estimate of drug-likeness (QED) is 0.558. The van der Waals surface area contributed by atoms with E-state index in [9.17, 15) is 9.59 Å². The van der Waals surface area contributed by atoms with Crippen molar-refractivity contribution in [3.8, 4) is 6.07 Å². The van der Waals surface area contributed by atoms with Crippen LogP contribution in [0.15, 0.2) is 11.8 Å². The summed E-state index contributed by atoms with van der Waals surface area (Å²) in [6.07, 6.45) is 2.72. The first kappa shape index (κ1) is 13.2. The molecule has 1 fully saturated rings. The maximum atomic E-state index is 11.7. The summed E-state index contributed by atoms with van der Waals surface area (Å²) in [6, 6.07) is 1.91. The highest BCUT2D eigenvalue weighted by Gasteiger charge is 2.50. The lowest BCUT2D eigenvalue weighted by molar-refractivity contribution is -0.135. The predicted octanol–water partition coefficient (Wildman–Crippen LogP) is 1.42. The largest absolute Gasteiger partial charge is 0.477 e. The summed E-state index contributed by atoms with van der Waals surface area (Å²) < 4.78 is 0. The first-order valence-electron chi connectivity index (χ1n) is 5.50. The Kier molecular flexibility index (Phi) is 3.89. The topological polar surface area (TPSA) is 90.2 Å². The van der Waals surface area contributed by atoms with E-state index in [0.29, 0.717) is 6.42 Å². The number of nitrogens with one attached hydrogen (secondary N) is 1. The number of amides is 1. The fourth-order valence-corrected chi connectivity index (χ4v) is 1.61. The zero-order valence-corrected chi connectivity index (χ0v) is 9.99. The molecule has 1 saturated carbocycles. The van der Waals surface area contributed by atoms with Gasteiger partial charge in [0, 0.05) is 12.3 Å². The minimum absolute atomic E-state index is 0.0274. The highest BCUT2D eigenvalue weighted by molar-refractivity contribution is 5.94. The van der Waals surface area contributed by atoms with Crippen LogP contribution in [0.25, 0.3) is 0 Å². The molecule has 0 aromatic heterocycles. The molecule has 0 saturated heterocycles. The maximum Gasteiger partial charge on any atom is 0.352 e. The SMILES string of the molecule is CC1(C)CC1C(=O)N/C(=C\CCC#N)C(=O)O. The van der Waals surface area contributed by atoms with Gasteiger partial charge in [-0.1, -0.05) is 19.9 Å².